The lowest BCUT2D eigenvalue weighted by Crippen LogP contribution is -2.45. The van der Waals surface area contributed by atoms with Crippen molar-refractivity contribution >= 4 is 10.0 Å². The van der Waals surface area contributed by atoms with Crippen molar-refractivity contribution in [2.45, 2.75) is 23.9 Å². The first-order chi connectivity index (χ1) is 8.54. The van der Waals surface area contributed by atoms with Crippen molar-refractivity contribution < 1.29 is 8.42 Å². The minimum atomic E-state index is -3.64. The molecule has 18 heavy (non-hydrogen) atoms. The normalized spacial score (nSPS) is 21.4. The third-order valence-corrected chi connectivity index (χ3v) is 4.65. The molecule has 0 spiro atoms. The van der Waals surface area contributed by atoms with Gasteiger partial charge >= 0.3 is 0 Å². The van der Waals surface area contributed by atoms with E-state index in [0.29, 0.717) is 13.1 Å². The number of hydrogen-bond donors (Lipinski definition) is 1. The molecule has 1 fully saturated rings. The van der Waals surface area contributed by atoms with E-state index in [4.69, 9.17) is 11.0 Å². The Morgan fingerprint density at radius 2 is 2.33 bits per heavy atom. The van der Waals surface area contributed by atoms with E-state index in [2.05, 4.69) is 4.98 Å². The zero-order valence-electron chi connectivity index (χ0n) is 9.78. The lowest BCUT2D eigenvalue weighted by Gasteiger charge is -2.29. The second kappa shape index (κ2) is 5.02. The highest BCUT2D eigenvalue weighted by atomic mass is 32.2. The molecule has 1 aliphatic heterocycles. The fourth-order valence-corrected chi connectivity index (χ4v) is 3.44. The zero-order chi connectivity index (χ0) is 13.2. The molecule has 7 heteroatoms. The maximum Gasteiger partial charge on any atom is 0.260 e. The Balaban J connectivity index is 2.33. The third-order valence-electron chi connectivity index (χ3n) is 2.89. The van der Waals surface area contributed by atoms with E-state index in [-0.39, 0.29) is 16.6 Å². The van der Waals surface area contributed by atoms with Crippen LogP contribution < -0.4 is 5.73 Å². The van der Waals surface area contributed by atoms with Crippen LogP contribution in [0.15, 0.2) is 23.4 Å². The van der Waals surface area contributed by atoms with E-state index in [9.17, 15) is 8.42 Å². The number of sulfonamides is 1. The van der Waals surface area contributed by atoms with Gasteiger partial charge in [-0.15, -0.1) is 0 Å². The Morgan fingerprint density at radius 3 is 3.00 bits per heavy atom. The van der Waals surface area contributed by atoms with Crippen LogP contribution in [0.25, 0.3) is 0 Å². The van der Waals surface area contributed by atoms with Crippen LogP contribution in [0, 0.1) is 11.3 Å². The van der Waals surface area contributed by atoms with Gasteiger partial charge in [0, 0.05) is 25.3 Å². The van der Waals surface area contributed by atoms with E-state index in [1.54, 1.807) is 0 Å². The van der Waals surface area contributed by atoms with Crippen molar-refractivity contribution in [2.75, 3.05) is 13.1 Å². The van der Waals surface area contributed by atoms with Crippen LogP contribution in [0.3, 0.4) is 0 Å². The number of nitrogens with zero attached hydrogens (tertiary/aromatic N) is 3. The van der Waals surface area contributed by atoms with Gasteiger partial charge in [0.15, 0.2) is 5.03 Å². The summed E-state index contributed by atoms with van der Waals surface area (Å²) < 4.78 is 25.9. The highest BCUT2D eigenvalue weighted by Crippen LogP contribution is 2.19. The van der Waals surface area contributed by atoms with Gasteiger partial charge in [-0.25, -0.2) is 13.4 Å². The van der Waals surface area contributed by atoms with Crippen molar-refractivity contribution in [3.63, 3.8) is 0 Å². The third kappa shape index (κ3) is 2.51. The lowest BCUT2D eigenvalue weighted by molar-refractivity contribution is 0.315. The first-order valence-electron chi connectivity index (χ1n) is 5.66. The van der Waals surface area contributed by atoms with Crippen molar-refractivity contribution in [1.29, 1.82) is 5.26 Å². The van der Waals surface area contributed by atoms with Gasteiger partial charge in [-0.1, -0.05) is 0 Å². The topological polar surface area (TPSA) is 100 Å². The second-order valence-electron chi connectivity index (χ2n) is 4.26. The minimum Gasteiger partial charge on any atom is -0.327 e. The first kappa shape index (κ1) is 13.0. The van der Waals surface area contributed by atoms with Crippen molar-refractivity contribution in [2.24, 2.45) is 5.73 Å². The summed E-state index contributed by atoms with van der Waals surface area (Å²) >= 11 is 0. The average molecular weight is 266 g/mol. The van der Waals surface area contributed by atoms with Gasteiger partial charge in [0.1, 0.15) is 0 Å². The van der Waals surface area contributed by atoms with Gasteiger partial charge in [-0.3, -0.25) is 0 Å². The van der Waals surface area contributed by atoms with Crippen LogP contribution in [-0.4, -0.2) is 36.8 Å². The van der Waals surface area contributed by atoms with Gasteiger partial charge in [-0.05, 0) is 25.0 Å². The summed E-state index contributed by atoms with van der Waals surface area (Å²) in [4.78, 5) is 3.84. The molecule has 0 bridgehead atoms. The summed E-state index contributed by atoms with van der Waals surface area (Å²) in [6.45, 7) is 0.759. The summed E-state index contributed by atoms with van der Waals surface area (Å²) in [5, 5.41) is 8.69. The van der Waals surface area contributed by atoms with E-state index in [1.165, 1.54) is 22.6 Å². The number of rotatable bonds is 2. The highest BCUT2D eigenvalue weighted by molar-refractivity contribution is 7.89. The molecule has 6 nitrogen and oxygen atoms in total. The molecule has 96 valence electrons. The molecular formula is C11H14N4O2S. The van der Waals surface area contributed by atoms with Gasteiger partial charge in [0.2, 0.25) is 0 Å². The van der Waals surface area contributed by atoms with Crippen LogP contribution in [0.5, 0.6) is 0 Å². The van der Waals surface area contributed by atoms with E-state index >= 15 is 0 Å². The van der Waals surface area contributed by atoms with Crippen LogP contribution >= 0.6 is 0 Å². The lowest BCUT2D eigenvalue weighted by atomic mass is 10.1. The van der Waals surface area contributed by atoms with Crippen molar-refractivity contribution in [3.8, 4) is 6.07 Å². The van der Waals surface area contributed by atoms with Crippen molar-refractivity contribution in [3.05, 3.63) is 23.9 Å². The van der Waals surface area contributed by atoms with Crippen LogP contribution in [0.2, 0.25) is 0 Å². The smallest absolute Gasteiger partial charge is 0.260 e. The summed E-state index contributed by atoms with van der Waals surface area (Å²) in [5.41, 5.74) is 6.06. The Bertz CT molecular complexity index is 579. The molecule has 0 amide bonds. The maximum atomic E-state index is 12.3. The molecule has 2 heterocycles. The van der Waals surface area contributed by atoms with Gasteiger partial charge < -0.3 is 5.73 Å². The van der Waals surface area contributed by atoms with Crippen LogP contribution in [0.1, 0.15) is 18.4 Å². The van der Waals surface area contributed by atoms with Crippen LogP contribution in [-0.2, 0) is 10.0 Å². The molecule has 0 radical (unpaired) electrons. The fourth-order valence-electron chi connectivity index (χ4n) is 1.94. The van der Waals surface area contributed by atoms with E-state index < -0.39 is 10.0 Å². The molecular weight excluding hydrogens is 252 g/mol. The molecule has 1 aliphatic rings. The van der Waals surface area contributed by atoms with E-state index in [0.717, 1.165) is 12.8 Å². The summed E-state index contributed by atoms with van der Waals surface area (Å²) in [7, 11) is -3.64. The van der Waals surface area contributed by atoms with Gasteiger partial charge in [-0.2, -0.15) is 9.57 Å². The van der Waals surface area contributed by atoms with Gasteiger partial charge in [0.05, 0.1) is 11.6 Å². The number of nitriles is 1. The summed E-state index contributed by atoms with van der Waals surface area (Å²) in [5.74, 6) is 0. The largest absolute Gasteiger partial charge is 0.327 e. The number of piperidine rings is 1. The highest BCUT2D eigenvalue weighted by Gasteiger charge is 2.29. The molecule has 1 saturated heterocycles. The molecule has 0 unspecified atom stereocenters. The zero-order valence-corrected chi connectivity index (χ0v) is 10.6. The van der Waals surface area contributed by atoms with E-state index in [1.807, 2.05) is 6.07 Å². The predicted molar refractivity (Wildman–Crippen MR) is 64.9 cm³/mol. The molecule has 2 N–H and O–H groups in total. The number of hydrogen-bond acceptors (Lipinski definition) is 5. The average Bonchev–Trinajstić information content (AvgIpc) is 2.39. The summed E-state index contributed by atoms with van der Waals surface area (Å²) in [6.07, 6.45) is 2.91. The van der Waals surface area contributed by atoms with Crippen molar-refractivity contribution in [1.82, 2.24) is 9.29 Å². The monoisotopic (exact) mass is 266 g/mol. The van der Waals surface area contributed by atoms with Gasteiger partial charge in [0.25, 0.3) is 10.0 Å². The number of pyridine rings is 1. The second-order valence-corrected chi connectivity index (χ2v) is 6.14. The molecule has 1 atom stereocenters. The van der Waals surface area contributed by atoms with Crippen LogP contribution in [0.4, 0.5) is 0 Å². The molecule has 1 aromatic rings. The summed E-state index contributed by atoms with van der Waals surface area (Å²) in [6, 6.07) is 4.53. The maximum absolute atomic E-state index is 12.3. The minimum absolute atomic E-state index is 0.0874. The number of aromatic nitrogens is 1. The molecule has 0 saturated carbocycles. The fraction of sp³-hybridized carbons (Fsp3) is 0.455. The standard InChI is InChI=1S/C11H14N4O2S/c12-7-9-3-4-14-11(6-9)18(16,17)15-5-1-2-10(13)8-15/h3-4,6,10H,1-2,5,8,13H2/t10-/m1/s1. The molecule has 2 rings (SSSR count). The predicted octanol–water partition coefficient (Wildman–Crippen LogP) is 0.0651. The Labute approximate surface area is 106 Å². The molecule has 0 aliphatic carbocycles. The Kier molecular flexibility index (Phi) is 3.61. The quantitative estimate of drug-likeness (QED) is 0.816. The number of nitrogens with two attached hydrogens (primary N) is 1. The SMILES string of the molecule is N#Cc1ccnc(S(=O)(=O)N2CCC[C@@H](N)C2)c1. The Morgan fingerprint density at radius 1 is 1.56 bits per heavy atom. The molecule has 0 aromatic carbocycles. The molecule has 1 aromatic heterocycles. The Hall–Kier alpha value is -1.49. The first-order valence-corrected chi connectivity index (χ1v) is 7.10.